The van der Waals surface area contributed by atoms with E-state index in [1.54, 1.807) is 30.5 Å². The van der Waals surface area contributed by atoms with Crippen LogP contribution in [0.2, 0.25) is 5.02 Å². The van der Waals surface area contributed by atoms with Gasteiger partial charge >= 0.3 is 5.69 Å². The molecule has 0 aliphatic heterocycles. The van der Waals surface area contributed by atoms with Crippen LogP contribution in [0.3, 0.4) is 0 Å². The number of halogens is 1. The molecule has 0 bridgehead atoms. The van der Waals surface area contributed by atoms with Crippen LogP contribution < -0.4 is 5.69 Å². The van der Waals surface area contributed by atoms with Crippen molar-refractivity contribution in [2.24, 2.45) is 0 Å². The largest absolute Gasteiger partial charge is 0.347 e. The molecular weight excluding hydrogens is 398 g/mol. The zero-order valence-corrected chi connectivity index (χ0v) is 18.3. The molecule has 3 aromatic rings. The van der Waals surface area contributed by atoms with E-state index in [4.69, 9.17) is 11.6 Å². The zero-order chi connectivity index (χ0) is 21.5. The van der Waals surface area contributed by atoms with Gasteiger partial charge in [0.25, 0.3) is 0 Å². The fourth-order valence-corrected chi connectivity index (χ4v) is 3.88. The lowest BCUT2D eigenvalue weighted by atomic mass is 9.94. The topological polar surface area (TPSA) is 56.9 Å². The van der Waals surface area contributed by atoms with Gasteiger partial charge in [-0.3, -0.25) is 9.36 Å². The van der Waals surface area contributed by atoms with Crippen molar-refractivity contribution in [3.05, 3.63) is 75.2 Å². The van der Waals surface area contributed by atoms with Crippen molar-refractivity contribution < 1.29 is 4.79 Å². The molecule has 1 aliphatic carbocycles. The minimum Gasteiger partial charge on any atom is -0.297 e. The summed E-state index contributed by atoms with van der Waals surface area (Å²) < 4.78 is 3.10. The number of nitrogens with zero attached hydrogens (tertiary/aromatic N) is 3. The highest BCUT2D eigenvalue weighted by atomic mass is 35.5. The van der Waals surface area contributed by atoms with Crippen LogP contribution in [-0.2, 0) is 16.8 Å². The molecule has 0 amide bonds. The van der Waals surface area contributed by atoms with E-state index in [1.165, 1.54) is 10.2 Å². The van der Waals surface area contributed by atoms with E-state index in [1.807, 2.05) is 37.3 Å². The average molecular weight is 424 g/mol. The summed E-state index contributed by atoms with van der Waals surface area (Å²) in [6.45, 7) is 5.60. The second-order valence-corrected chi connectivity index (χ2v) is 9.03. The number of Topliss-reactive ketones (excluding diaryl/α,β-unsaturated/α-hetero) is 1. The van der Waals surface area contributed by atoms with Crippen molar-refractivity contribution in [2.75, 3.05) is 0 Å². The van der Waals surface area contributed by atoms with Crippen molar-refractivity contribution in [3.8, 4) is 11.4 Å². The molecule has 1 aliphatic rings. The number of hydrogen-bond acceptors (Lipinski definition) is 3. The smallest absolute Gasteiger partial charge is 0.297 e. The van der Waals surface area contributed by atoms with Crippen LogP contribution in [0.4, 0.5) is 0 Å². The van der Waals surface area contributed by atoms with E-state index in [0.717, 1.165) is 24.0 Å². The van der Waals surface area contributed by atoms with Gasteiger partial charge in [0.05, 0.1) is 0 Å². The Labute approximate surface area is 181 Å². The molecule has 0 spiro atoms. The Kier molecular flexibility index (Phi) is 5.41. The fourth-order valence-electron chi connectivity index (χ4n) is 3.75. The third-order valence-electron chi connectivity index (χ3n) is 5.76. The quantitative estimate of drug-likeness (QED) is 0.540. The van der Waals surface area contributed by atoms with Crippen LogP contribution >= 0.6 is 11.6 Å². The van der Waals surface area contributed by atoms with Crippen LogP contribution in [0.5, 0.6) is 0 Å². The molecule has 0 saturated heterocycles. The Balaban J connectivity index is 1.65. The van der Waals surface area contributed by atoms with Gasteiger partial charge in [-0.25, -0.2) is 4.79 Å². The normalized spacial score (nSPS) is 14.1. The summed E-state index contributed by atoms with van der Waals surface area (Å²) in [4.78, 5) is 26.4. The molecule has 4 rings (SSSR count). The third-order valence-corrected chi connectivity index (χ3v) is 6.01. The molecule has 0 atom stereocenters. The summed E-state index contributed by atoms with van der Waals surface area (Å²) in [6.07, 6.45) is 2.91. The van der Waals surface area contributed by atoms with Gasteiger partial charge in [0.15, 0.2) is 11.6 Å². The molecule has 5 nitrogen and oxygen atoms in total. The molecule has 1 fully saturated rings. The second kappa shape index (κ2) is 7.88. The van der Waals surface area contributed by atoms with E-state index in [2.05, 4.69) is 11.2 Å². The summed E-state index contributed by atoms with van der Waals surface area (Å²) in [7, 11) is 0. The maximum atomic E-state index is 13.3. The lowest BCUT2D eigenvalue weighted by Gasteiger charge is -2.22. The van der Waals surface area contributed by atoms with Gasteiger partial charge in [-0.1, -0.05) is 41.4 Å². The van der Waals surface area contributed by atoms with Crippen LogP contribution in [-0.4, -0.2) is 20.1 Å². The highest BCUT2D eigenvalue weighted by molar-refractivity contribution is 6.30. The van der Waals surface area contributed by atoms with Crippen molar-refractivity contribution in [1.82, 2.24) is 14.3 Å². The molecule has 30 heavy (non-hydrogen) atoms. The van der Waals surface area contributed by atoms with Crippen LogP contribution in [0.15, 0.2) is 53.3 Å². The molecule has 1 saturated carbocycles. The predicted molar refractivity (Wildman–Crippen MR) is 119 cm³/mol. The van der Waals surface area contributed by atoms with Gasteiger partial charge in [0.2, 0.25) is 0 Å². The minimum atomic E-state index is -1.03. The molecule has 6 heteroatoms. The highest BCUT2D eigenvalue weighted by Gasteiger charge is 2.37. The minimum absolute atomic E-state index is 0.00536. The van der Waals surface area contributed by atoms with E-state index >= 15 is 0 Å². The van der Waals surface area contributed by atoms with Crippen LogP contribution in [0.1, 0.15) is 50.3 Å². The van der Waals surface area contributed by atoms with Crippen LogP contribution in [0.25, 0.3) is 11.4 Å². The molecular formula is C24H26ClN3O2. The molecule has 156 valence electrons. The Hall–Kier alpha value is -2.66. The van der Waals surface area contributed by atoms with Gasteiger partial charge in [-0.05, 0) is 69.9 Å². The van der Waals surface area contributed by atoms with E-state index in [-0.39, 0.29) is 17.5 Å². The van der Waals surface area contributed by atoms with Gasteiger partial charge < -0.3 is 0 Å². The first-order chi connectivity index (χ1) is 14.3. The number of hydrogen-bond donors (Lipinski definition) is 0. The molecule has 1 heterocycles. The summed E-state index contributed by atoms with van der Waals surface area (Å²) >= 11 is 6.02. The van der Waals surface area contributed by atoms with Crippen molar-refractivity contribution in [1.29, 1.82) is 0 Å². The molecule has 1 aromatic heterocycles. The van der Waals surface area contributed by atoms with Gasteiger partial charge in [-0.15, -0.1) is 5.10 Å². The van der Waals surface area contributed by atoms with E-state index < -0.39 is 5.54 Å². The Morgan fingerprint density at radius 1 is 1.17 bits per heavy atom. The van der Waals surface area contributed by atoms with Gasteiger partial charge in [0, 0.05) is 23.0 Å². The number of rotatable bonds is 7. The highest BCUT2D eigenvalue weighted by Crippen LogP contribution is 2.37. The van der Waals surface area contributed by atoms with Gasteiger partial charge in [0.1, 0.15) is 5.54 Å². The first kappa shape index (κ1) is 20.6. The summed E-state index contributed by atoms with van der Waals surface area (Å²) in [5.74, 6) is 0.591. The zero-order valence-electron chi connectivity index (χ0n) is 17.6. The van der Waals surface area contributed by atoms with Crippen molar-refractivity contribution in [2.45, 2.75) is 58.0 Å². The van der Waals surface area contributed by atoms with Gasteiger partial charge in [-0.2, -0.15) is 4.68 Å². The Morgan fingerprint density at radius 2 is 1.87 bits per heavy atom. The number of aromatic nitrogens is 3. The van der Waals surface area contributed by atoms with Crippen molar-refractivity contribution in [3.63, 3.8) is 0 Å². The maximum Gasteiger partial charge on any atom is 0.347 e. The maximum absolute atomic E-state index is 13.3. The second-order valence-electron chi connectivity index (χ2n) is 8.60. The monoisotopic (exact) mass is 423 g/mol. The first-order valence-electron chi connectivity index (χ1n) is 10.3. The summed E-state index contributed by atoms with van der Waals surface area (Å²) in [5.41, 5.74) is 1.87. The average Bonchev–Trinajstić information content (AvgIpc) is 3.48. The third kappa shape index (κ3) is 3.99. The fraction of sp³-hybridized carbons (Fsp3) is 0.375. The number of carbonyl (C=O) groups is 1. The van der Waals surface area contributed by atoms with E-state index in [0.29, 0.717) is 23.7 Å². The molecule has 0 unspecified atom stereocenters. The number of ketones is 1. The Bertz CT molecular complexity index is 1140. The summed E-state index contributed by atoms with van der Waals surface area (Å²) in [5, 5.41) is 5.27. The predicted octanol–water partition coefficient (Wildman–Crippen LogP) is 4.95. The number of benzene rings is 2. The number of aryl methyl sites for hydroxylation is 2. The lowest BCUT2D eigenvalue weighted by Crippen LogP contribution is -2.44. The molecule has 2 aromatic carbocycles. The standard InChI is InChI=1S/C24H26ClN3O2/c1-16-5-4-6-17(15-16)7-14-21(29)24(2,3)28-23(30)27(20-12-13-20)22(26-28)18-8-10-19(25)11-9-18/h4-6,8-11,15,20H,7,12-14H2,1-3H3. The van der Waals surface area contributed by atoms with Crippen molar-refractivity contribution >= 4 is 17.4 Å². The molecule has 0 radical (unpaired) electrons. The summed E-state index contributed by atoms with van der Waals surface area (Å²) in [6, 6.07) is 15.6. The SMILES string of the molecule is Cc1cccc(CCC(=O)C(C)(C)n2nc(-c3ccc(Cl)cc3)n(C3CC3)c2=O)c1. The van der Waals surface area contributed by atoms with E-state index in [9.17, 15) is 9.59 Å². The molecule has 0 N–H and O–H groups in total. The first-order valence-corrected chi connectivity index (χ1v) is 10.7. The lowest BCUT2D eigenvalue weighted by molar-refractivity contribution is -0.126. The van der Waals surface area contributed by atoms with Crippen LogP contribution in [0, 0.1) is 6.92 Å². The Morgan fingerprint density at radius 3 is 2.50 bits per heavy atom. The number of carbonyl (C=O) groups excluding carboxylic acids is 1.